The normalized spacial score (nSPS) is 11.7. The zero-order valence-corrected chi connectivity index (χ0v) is 10.9. The second-order valence-corrected chi connectivity index (χ2v) is 4.16. The van der Waals surface area contributed by atoms with Crippen LogP contribution in [0.2, 0.25) is 0 Å². The first-order chi connectivity index (χ1) is 9.49. The molecular weight excluding hydrogens is 266 g/mol. The lowest BCUT2D eigenvalue weighted by Crippen LogP contribution is -2.39. The number of hydrogen-bond donors (Lipinski definition) is 0. The third-order valence-corrected chi connectivity index (χ3v) is 2.68. The molecule has 1 aromatic rings. The monoisotopic (exact) mass is 280 g/mol. The van der Waals surface area contributed by atoms with E-state index in [1.54, 1.807) is 0 Å². The number of ether oxygens (including phenoxy) is 1. The number of aliphatic carboxylic acids is 1. The number of carboxylic acids is 1. The molecule has 0 saturated carbocycles. The lowest BCUT2D eigenvalue weighted by atomic mass is 10.1. The van der Waals surface area contributed by atoms with Crippen molar-refractivity contribution < 1.29 is 24.4 Å². The summed E-state index contributed by atoms with van der Waals surface area (Å²) in [5, 5.41) is 21.5. The standard InChI is InChI=1S/C13H15NO6/c1-2-3-4-12(13(16)17)20-11-6-5-10(14(18)19)7-9(11)8-15/h5-8,12H,2-4H2,1H3,(H,16,17)/p-1. The average molecular weight is 280 g/mol. The Kier molecular flexibility index (Phi) is 5.64. The van der Waals surface area contributed by atoms with E-state index in [-0.39, 0.29) is 23.4 Å². The highest BCUT2D eigenvalue weighted by atomic mass is 16.6. The van der Waals surface area contributed by atoms with E-state index >= 15 is 0 Å². The van der Waals surface area contributed by atoms with Crippen LogP contribution in [0.3, 0.4) is 0 Å². The molecule has 0 spiro atoms. The highest BCUT2D eigenvalue weighted by Gasteiger charge is 2.16. The first-order valence-corrected chi connectivity index (χ1v) is 6.10. The summed E-state index contributed by atoms with van der Waals surface area (Å²) in [6.07, 6.45) is 0.855. The number of nitro benzene ring substituents is 1. The maximum Gasteiger partial charge on any atom is 0.270 e. The van der Waals surface area contributed by atoms with Crippen LogP contribution in [0.5, 0.6) is 5.75 Å². The minimum Gasteiger partial charge on any atom is -0.546 e. The first-order valence-electron chi connectivity index (χ1n) is 6.10. The maximum atomic E-state index is 11.0. The molecule has 7 nitrogen and oxygen atoms in total. The number of non-ortho nitro benzene ring substituents is 1. The van der Waals surface area contributed by atoms with Crippen LogP contribution in [0.25, 0.3) is 0 Å². The highest BCUT2D eigenvalue weighted by molar-refractivity contribution is 5.81. The summed E-state index contributed by atoms with van der Waals surface area (Å²) in [5.74, 6) is -1.38. The lowest BCUT2D eigenvalue weighted by molar-refractivity contribution is -0.384. The molecule has 0 heterocycles. The summed E-state index contributed by atoms with van der Waals surface area (Å²) in [5.41, 5.74) is -0.333. The minimum atomic E-state index is -1.38. The lowest BCUT2D eigenvalue weighted by Gasteiger charge is -2.20. The van der Waals surface area contributed by atoms with Crippen LogP contribution in [0.1, 0.15) is 36.5 Å². The van der Waals surface area contributed by atoms with E-state index in [2.05, 4.69) is 0 Å². The van der Waals surface area contributed by atoms with Gasteiger partial charge < -0.3 is 14.6 Å². The number of carboxylic acid groups (broad SMARTS) is 1. The molecule has 1 rings (SSSR count). The van der Waals surface area contributed by atoms with Crippen LogP contribution in [0.4, 0.5) is 5.69 Å². The van der Waals surface area contributed by atoms with E-state index in [4.69, 9.17) is 4.74 Å². The van der Waals surface area contributed by atoms with Crippen LogP contribution in [-0.4, -0.2) is 23.3 Å². The van der Waals surface area contributed by atoms with E-state index in [0.717, 1.165) is 18.6 Å². The third-order valence-electron chi connectivity index (χ3n) is 2.68. The second kappa shape index (κ2) is 7.22. The van der Waals surface area contributed by atoms with Crippen LogP contribution in [0, 0.1) is 10.1 Å². The largest absolute Gasteiger partial charge is 0.546 e. The number of benzene rings is 1. The minimum absolute atomic E-state index is 0.00379. The van der Waals surface area contributed by atoms with E-state index in [9.17, 15) is 24.8 Å². The Morgan fingerprint density at radius 1 is 1.50 bits per heavy atom. The number of carbonyl (C=O) groups excluding carboxylic acids is 2. The van der Waals surface area contributed by atoms with Crippen molar-refractivity contribution in [3.8, 4) is 5.75 Å². The van der Waals surface area contributed by atoms with E-state index in [0.29, 0.717) is 12.7 Å². The van der Waals surface area contributed by atoms with E-state index < -0.39 is 17.0 Å². The molecule has 7 heteroatoms. The van der Waals surface area contributed by atoms with Crippen LogP contribution in [0.15, 0.2) is 18.2 Å². The van der Waals surface area contributed by atoms with Gasteiger partial charge in [0.25, 0.3) is 5.69 Å². The summed E-state index contributed by atoms with van der Waals surface area (Å²) in [6.45, 7) is 1.90. The zero-order valence-electron chi connectivity index (χ0n) is 10.9. The van der Waals surface area contributed by atoms with Gasteiger partial charge in [-0.05, 0) is 18.9 Å². The Morgan fingerprint density at radius 2 is 2.20 bits per heavy atom. The number of hydrogen-bond acceptors (Lipinski definition) is 6. The number of unbranched alkanes of at least 4 members (excludes halogenated alkanes) is 1. The van der Waals surface area contributed by atoms with Crippen molar-refractivity contribution >= 4 is 17.9 Å². The van der Waals surface area contributed by atoms with Gasteiger partial charge in [0.05, 0.1) is 16.5 Å². The molecule has 0 saturated heterocycles. The average Bonchev–Trinajstić information content (AvgIpc) is 2.42. The van der Waals surface area contributed by atoms with Gasteiger partial charge in [0.2, 0.25) is 0 Å². The van der Waals surface area contributed by atoms with Crippen LogP contribution in [-0.2, 0) is 4.79 Å². The maximum absolute atomic E-state index is 11.0. The van der Waals surface area contributed by atoms with Gasteiger partial charge >= 0.3 is 0 Å². The molecule has 1 aromatic carbocycles. The van der Waals surface area contributed by atoms with Crippen LogP contribution >= 0.6 is 0 Å². The van der Waals surface area contributed by atoms with Gasteiger partial charge in [0.15, 0.2) is 6.29 Å². The topological polar surface area (TPSA) is 110 Å². The highest BCUT2D eigenvalue weighted by Crippen LogP contribution is 2.24. The van der Waals surface area contributed by atoms with Gasteiger partial charge in [-0.1, -0.05) is 13.3 Å². The van der Waals surface area contributed by atoms with Gasteiger partial charge in [-0.25, -0.2) is 0 Å². The molecule has 0 bridgehead atoms. The smallest absolute Gasteiger partial charge is 0.270 e. The molecule has 1 atom stereocenters. The second-order valence-electron chi connectivity index (χ2n) is 4.16. The molecule has 108 valence electrons. The van der Waals surface area contributed by atoms with Gasteiger partial charge in [0, 0.05) is 12.1 Å². The summed E-state index contributed by atoms with van der Waals surface area (Å²) >= 11 is 0. The molecule has 20 heavy (non-hydrogen) atoms. The Morgan fingerprint density at radius 3 is 2.70 bits per heavy atom. The van der Waals surface area contributed by atoms with E-state index in [1.807, 2.05) is 6.92 Å². The quantitative estimate of drug-likeness (QED) is 0.400. The van der Waals surface area contributed by atoms with Crippen LogP contribution < -0.4 is 9.84 Å². The number of nitrogens with zero attached hydrogens (tertiary/aromatic N) is 1. The SMILES string of the molecule is CCCCC(Oc1ccc([N+](=O)[O-])cc1C=O)C(=O)[O-]. The Balaban J connectivity index is 2.97. The van der Waals surface area contributed by atoms with Crippen molar-refractivity contribution in [1.82, 2.24) is 0 Å². The fourth-order valence-electron chi connectivity index (χ4n) is 1.62. The van der Waals surface area contributed by atoms with Gasteiger partial charge in [0.1, 0.15) is 11.9 Å². The molecule has 0 aliphatic heterocycles. The van der Waals surface area contributed by atoms with Gasteiger partial charge in [-0.15, -0.1) is 0 Å². The molecule has 0 amide bonds. The van der Waals surface area contributed by atoms with Gasteiger partial charge in [-0.3, -0.25) is 14.9 Å². The predicted molar refractivity (Wildman–Crippen MR) is 67.4 cm³/mol. The molecule has 1 unspecified atom stereocenters. The summed E-state index contributed by atoms with van der Waals surface area (Å²) in [6, 6.07) is 3.40. The summed E-state index contributed by atoms with van der Waals surface area (Å²) in [7, 11) is 0. The number of rotatable bonds is 8. The Bertz CT molecular complexity index is 514. The van der Waals surface area contributed by atoms with Crippen molar-refractivity contribution in [3.63, 3.8) is 0 Å². The first kappa shape index (κ1) is 15.6. The fraction of sp³-hybridized carbons (Fsp3) is 0.385. The van der Waals surface area contributed by atoms with Crippen molar-refractivity contribution in [2.24, 2.45) is 0 Å². The summed E-state index contributed by atoms with van der Waals surface area (Å²) in [4.78, 5) is 31.8. The predicted octanol–water partition coefficient (Wildman–Crippen LogP) is 1.09. The molecule has 0 radical (unpaired) electrons. The molecule has 0 N–H and O–H groups in total. The van der Waals surface area contributed by atoms with E-state index in [1.165, 1.54) is 6.07 Å². The Labute approximate surface area is 115 Å². The Hall–Kier alpha value is -2.44. The fourth-order valence-corrected chi connectivity index (χ4v) is 1.62. The summed E-state index contributed by atoms with van der Waals surface area (Å²) < 4.78 is 5.22. The van der Waals surface area contributed by atoms with Crippen molar-refractivity contribution in [2.75, 3.05) is 0 Å². The van der Waals surface area contributed by atoms with Gasteiger partial charge in [-0.2, -0.15) is 0 Å². The molecule has 0 fully saturated rings. The van der Waals surface area contributed by atoms with Crippen molar-refractivity contribution in [1.29, 1.82) is 0 Å². The number of aldehydes is 1. The molecule has 0 aromatic heterocycles. The molecule has 0 aliphatic carbocycles. The molecular formula is C13H14NO6-. The van der Waals surface area contributed by atoms with Crippen molar-refractivity contribution in [2.45, 2.75) is 32.3 Å². The number of carbonyl (C=O) groups is 2. The zero-order chi connectivity index (χ0) is 15.1. The number of nitro groups is 1. The third kappa shape index (κ3) is 4.04. The molecule has 0 aliphatic rings. The van der Waals surface area contributed by atoms with Crippen molar-refractivity contribution in [3.05, 3.63) is 33.9 Å².